The molecule has 274 valence electrons. The molecule has 0 saturated carbocycles. The second-order valence-electron chi connectivity index (χ2n) is 15.2. The first-order chi connectivity index (χ1) is 29.2. The van der Waals surface area contributed by atoms with Gasteiger partial charge in [0.2, 0.25) is 0 Å². The largest absolute Gasteiger partial charge is 0.254 e. The van der Waals surface area contributed by atoms with E-state index in [2.05, 4.69) is 204 Å². The number of nitrogens with zero attached hydrogens (tertiary/aromatic N) is 4. The van der Waals surface area contributed by atoms with Crippen LogP contribution in [0.5, 0.6) is 0 Å². The van der Waals surface area contributed by atoms with Gasteiger partial charge in [0.25, 0.3) is 0 Å². The van der Waals surface area contributed by atoms with Gasteiger partial charge in [0.15, 0.2) is 0 Å². The SMILES string of the molecule is c1ccc(-c2cc3c(-c4ccc5c(ccc6cc(-c7ccc8ccc9cccnc9c8n7)ccc65)c4)cccc3c3c2c(-c2ccccc2)nn3-c2ccccc2)cc1. The Hall–Kier alpha value is -7.95. The summed E-state index contributed by atoms with van der Waals surface area (Å²) in [4.78, 5) is 9.80. The first-order valence-corrected chi connectivity index (χ1v) is 20.0. The zero-order valence-corrected chi connectivity index (χ0v) is 31.9. The number of aromatic nitrogens is 4. The van der Waals surface area contributed by atoms with Crippen molar-refractivity contribution in [3.05, 3.63) is 206 Å². The van der Waals surface area contributed by atoms with Gasteiger partial charge in [-0.05, 0) is 91.6 Å². The highest BCUT2D eigenvalue weighted by Crippen LogP contribution is 2.44. The summed E-state index contributed by atoms with van der Waals surface area (Å²) in [6.07, 6.45) is 1.84. The number of benzene rings is 9. The fourth-order valence-electron chi connectivity index (χ4n) is 9.00. The monoisotopic (exact) mass is 750 g/mol. The zero-order valence-electron chi connectivity index (χ0n) is 31.9. The predicted molar refractivity (Wildman–Crippen MR) is 246 cm³/mol. The molecular weight excluding hydrogens is 717 g/mol. The Morgan fingerprint density at radius 3 is 1.78 bits per heavy atom. The third-order valence-electron chi connectivity index (χ3n) is 11.8. The van der Waals surface area contributed by atoms with Crippen LogP contribution in [-0.2, 0) is 0 Å². The Labute approximate surface area is 340 Å². The summed E-state index contributed by atoms with van der Waals surface area (Å²) in [6.45, 7) is 0. The van der Waals surface area contributed by atoms with Gasteiger partial charge >= 0.3 is 0 Å². The molecule has 0 aliphatic carbocycles. The molecule has 0 amide bonds. The lowest BCUT2D eigenvalue weighted by molar-refractivity contribution is 0.918. The number of rotatable bonds is 5. The standard InChI is InChI=1S/C55H34N4/c1-4-12-35(13-5-1)48-34-49-44(19-10-20-47(49)55-51(48)52(36-14-6-2-7-15-36)58-59(55)43-17-8-3-9-18-43)41-25-28-45-39(32-41)23-24-40-33-42(26-29-46(40)45)50-30-27-38-22-21-37-16-11-31-56-53(37)54(38)57-50/h1-34H. The van der Waals surface area contributed by atoms with Crippen molar-refractivity contribution < 1.29 is 0 Å². The maximum absolute atomic E-state index is 5.40. The van der Waals surface area contributed by atoms with Crippen LogP contribution in [0.1, 0.15) is 0 Å². The van der Waals surface area contributed by atoms with Crippen LogP contribution in [-0.4, -0.2) is 19.7 Å². The number of hydrogen-bond acceptors (Lipinski definition) is 3. The Bertz CT molecular complexity index is 3590. The lowest BCUT2D eigenvalue weighted by Gasteiger charge is -2.15. The van der Waals surface area contributed by atoms with Crippen molar-refractivity contribution in [2.24, 2.45) is 0 Å². The molecular formula is C55H34N4. The average molecular weight is 751 g/mol. The van der Waals surface area contributed by atoms with E-state index in [4.69, 9.17) is 10.1 Å². The highest BCUT2D eigenvalue weighted by molar-refractivity contribution is 6.20. The van der Waals surface area contributed by atoms with E-state index in [-0.39, 0.29) is 0 Å². The van der Waals surface area contributed by atoms with Gasteiger partial charge in [-0.2, -0.15) is 5.10 Å². The molecule has 0 bridgehead atoms. The van der Waals surface area contributed by atoms with Gasteiger partial charge in [-0.3, -0.25) is 4.98 Å². The van der Waals surface area contributed by atoms with Gasteiger partial charge in [0, 0.05) is 38.9 Å². The Balaban J connectivity index is 1.03. The maximum Gasteiger partial charge on any atom is 0.101 e. The molecule has 0 saturated heterocycles. The van der Waals surface area contributed by atoms with Crippen LogP contribution in [0.25, 0.3) is 115 Å². The van der Waals surface area contributed by atoms with Crippen LogP contribution in [0.3, 0.4) is 0 Å². The molecule has 0 aliphatic heterocycles. The molecule has 0 atom stereocenters. The van der Waals surface area contributed by atoms with Crippen molar-refractivity contribution in [3.63, 3.8) is 0 Å². The number of fused-ring (bicyclic) bond motifs is 9. The van der Waals surface area contributed by atoms with Crippen molar-refractivity contribution in [3.8, 4) is 50.5 Å². The summed E-state index contributed by atoms with van der Waals surface area (Å²) in [5, 5.41) is 15.9. The van der Waals surface area contributed by atoms with Gasteiger partial charge in [0.05, 0.1) is 27.9 Å². The van der Waals surface area contributed by atoms with Crippen molar-refractivity contribution in [2.75, 3.05) is 0 Å². The second kappa shape index (κ2) is 13.3. The van der Waals surface area contributed by atoms with E-state index in [9.17, 15) is 0 Å². The predicted octanol–water partition coefficient (Wildman–Crippen LogP) is 14.2. The Morgan fingerprint density at radius 2 is 1.02 bits per heavy atom. The average Bonchev–Trinajstić information content (AvgIpc) is 3.72. The molecule has 0 aliphatic rings. The van der Waals surface area contributed by atoms with Crippen LogP contribution < -0.4 is 0 Å². The molecule has 4 heteroatoms. The minimum absolute atomic E-state index is 0.929. The quantitative estimate of drug-likeness (QED) is 0.165. The normalized spacial score (nSPS) is 11.7. The lowest BCUT2D eigenvalue weighted by atomic mass is 9.89. The molecule has 12 rings (SSSR count). The number of para-hydroxylation sites is 1. The molecule has 12 aromatic rings. The summed E-state index contributed by atoms with van der Waals surface area (Å²) >= 11 is 0. The van der Waals surface area contributed by atoms with Crippen LogP contribution in [0.4, 0.5) is 0 Å². The van der Waals surface area contributed by atoms with Crippen molar-refractivity contribution in [1.82, 2.24) is 19.7 Å². The fraction of sp³-hybridized carbons (Fsp3) is 0. The van der Waals surface area contributed by atoms with E-state index >= 15 is 0 Å². The summed E-state index contributed by atoms with van der Waals surface area (Å²) in [7, 11) is 0. The summed E-state index contributed by atoms with van der Waals surface area (Å²) in [5.74, 6) is 0. The fourth-order valence-corrected chi connectivity index (χ4v) is 9.00. The van der Waals surface area contributed by atoms with Crippen molar-refractivity contribution >= 4 is 65.0 Å². The molecule has 0 fully saturated rings. The van der Waals surface area contributed by atoms with E-state index in [0.717, 1.165) is 77.4 Å². The minimum Gasteiger partial charge on any atom is -0.254 e. The molecule has 0 N–H and O–H groups in total. The van der Waals surface area contributed by atoms with Crippen molar-refractivity contribution in [1.29, 1.82) is 0 Å². The molecule has 3 heterocycles. The first kappa shape index (κ1) is 33.2. The van der Waals surface area contributed by atoms with E-state index in [1.54, 1.807) is 0 Å². The Morgan fingerprint density at radius 1 is 0.373 bits per heavy atom. The van der Waals surface area contributed by atoms with E-state index in [1.165, 1.54) is 38.1 Å². The van der Waals surface area contributed by atoms with Crippen LogP contribution in [0, 0.1) is 0 Å². The molecule has 59 heavy (non-hydrogen) atoms. The molecule has 0 radical (unpaired) electrons. The zero-order chi connectivity index (χ0) is 38.9. The molecule has 0 spiro atoms. The molecule has 0 unspecified atom stereocenters. The number of pyridine rings is 2. The van der Waals surface area contributed by atoms with Crippen molar-refractivity contribution in [2.45, 2.75) is 0 Å². The van der Waals surface area contributed by atoms with E-state index in [0.29, 0.717) is 0 Å². The van der Waals surface area contributed by atoms with Gasteiger partial charge in [-0.25, -0.2) is 9.67 Å². The van der Waals surface area contributed by atoms with Gasteiger partial charge in [0.1, 0.15) is 5.69 Å². The van der Waals surface area contributed by atoms with Crippen LogP contribution in [0.15, 0.2) is 206 Å². The number of hydrogen-bond donors (Lipinski definition) is 0. The van der Waals surface area contributed by atoms with E-state index < -0.39 is 0 Å². The van der Waals surface area contributed by atoms with Gasteiger partial charge in [-0.15, -0.1) is 0 Å². The topological polar surface area (TPSA) is 43.6 Å². The third-order valence-corrected chi connectivity index (χ3v) is 11.8. The molecule has 4 nitrogen and oxygen atoms in total. The summed E-state index contributed by atoms with van der Waals surface area (Å²) in [5.41, 5.74) is 12.8. The highest BCUT2D eigenvalue weighted by atomic mass is 15.3. The second-order valence-corrected chi connectivity index (χ2v) is 15.2. The molecule has 3 aromatic heterocycles. The van der Waals surface area contributed by atoms with Gasteiger partial charge in [-0.1, -0.05) is 158 Å². The Kier molecular flexibility index (Phi) is 7.50. The van der Waals surface area contributed by atoms with E-state index in [1.807, 2.05) is 12.3 Å². The molecule has 9 aromatic carbocycles. The minimum atomic E-state index is 0.929. The maximum atomic E-state index is 5.40. The third kappa shape index (κ3) is 5.42. The first-order valence-electron chi connectivity index (χ1n) is 20.0. The summed E-state index contributed by atoms with van der Waals surface area (Å²) in [6, 6.07) is 71.6. The highest BCUT2D eigenvalue weighted by Gasteiger charge is 2.22. The lowest BCUT2D eigenvalue weighted by Crippen LogP contribution is -1.97. The van der Waals surface area contributed by atoms with Crippen LogP contribution in [0.2, 0.25) is 0 Å². The summed E-state index contributed by atoms with van der Waals surface area (Å²) < 4.78 is 2.14. The van der Waals surface area contributed by atoms with Crippen LogP contribution >= 0.6 is 0 Å². The smallest absolute Gasteiger partial charge is 0.101 e. The van der Waals surface area contributed by atoms with Gasteiger partial charge < -0.3 is 0 Å².